The molecule has 2 rings (SSSR count). The summed E-state index contributed by atoms with van der Waals surface area (Å²) in [5.41, 5.74) is 2.12. The van der Waals surface area contributed by atoms with Crippen LogP contribution in [0.3, 0.4) is 0 Å². The number of aliphatic imine (C=N–C) groups is 1. The van der Waals surface area contributed by atoms with Gasteiger partial charge in [0.05, 0.1) is 25.8 Å². The van der Waals surface area contributed by atoms with E-state index in [1.54, 1.807) is 21.3 Å². The Hall–Kier alpha value is -2.01. The number of halogens is 1. The van der Waals surface area contributed by atoms with Crippen molar-refractivity contribution >= 4 is 22.1 Å². The van der Waals surface area contributed by atoms with Crippen LogP contribution in [0.5, 0.6) is 17.2 Å². The SMILES string of the molecule is COc1ccc(C=NCCc2cc(OC)c(Br)cc2OC)cc1. The summed E-state index contributed by atoms with van der Waals surface area (Å²) < 4.78 is 16.8. The molecule has 5 heteroatoms. The number of hydrogen-bond acceptors (Lipinski definition) is 4. The van der Waals surface area contributed by atoms with Crippen molar-refractivity contribution in [1.82, 2.24) is 0 Å². The molecule has 4 nitrogen and oxygen atoms in total. The zero-order valence-corrected chi connectivity index (χ0v) is 15.1. The molecule has 0 atom stereocenters. The van der Waals surface area contributed by atoms with Crippen LogP contribution in [0.2, 0.25) is 0 Å². The third-order valence-electron chi connectivity index (χ3n) is 3.42. The summed E-state index contributed by atoms with van der Waals surface area (Å²) in [5, 5.41) is 0. The molecule has 0 aliphatic carbocycles. The fourth-order valence-electron chi connectivity index (χ4n) is 2.16. The van der Waals surface area contributed by atoms with Gasteiger partial charge in [0.1, 0.15) is 17.2 Å². The second kappa shape index (κ2) is 8.58. The molecule has 0 heterocycles. The summed E-state index contributed by atoms with van der Waals surface area (Å²) in [6.07, 6.45) is 2.64. The van der Waals surface area contributed by atoms with Crippen LogP contribution in [0.1, 0.15) is 11.1 Å². The Labute approximate surface area is 145 Å². The Morgan fingerprint density at radius 1 is 0.957 bits per heavy atom. The van der Waals surface area contributed by atoms with Crippen LogP contribution in [-0.2, 0) is 6.42 Å². The van der Waals surface area contributed by atoms with Crippen LogP contribution >= 0.6 is 15.9 Å². The van der Waals surface area contributed by atoms with Gasteiger partial charge in [-0.15, -0.1) is 0 Å². The van der Waals surface area contributed by atoms with Crippen molar-refractivity contribution in [3.8, 4) is 17.2 Å². The molecular weight excluding hydrogens is 358 g/mol. The Bertz CT molecular complexity index is 669. The lowest BCUT2D eigenvalue weighted by Crippen LogP contribution is -1.97. The van der Waals surface area contributed by atoms with Gasteiger partial charge in [-0.05, 0) is 69.9 Å². The molecule has 0 unspecified atom stereocenters. The number of methoxy groups -OCH3 is 3. The van der Waals surface area contributed by atoms with E-state index in [0.717, 1.165) is 39.3 Å². The van der Waals surface area contributed by atoms with E-state index < -0.39 is 0 Å². The smallest absolute Gasteiger partial charge is 0.133 e. The van der Waals surface area contributed by atoms with Crippen LogP contribution in [0, 0.1) is 0 Å². The fraction of sp³-hybridized carbons (Fsp3) is 0.278. The van der Waals surface area contributed by atoms with Crippen molar-refractivity contribution < 1.29 is 14.2 Å². The summed E-state index contributed by atoms with van der Waals surface area (Å²) in [5.74, 6) is 2.46. The number of rotatable bonds is 7. The molecule has 2 aromatic carbocycles. The molecule has 0 saturated carbocycles. The van der Waals surface area contributed by atoms with Crippen LogP contribution in [0.15, 0.2) is 45.9 Å². The molecule has 0 aliphatic heterocycles. The minimum Gasteiger partial charge on any atom is -0.497 e. The normalized spacial score (nSPS) is 10.8. The van der Waals surface area contributed by atoms with Gasteiger partial charge in [0.2, 0.25) is 0 Å². The molecule has 0 spiro atoms. The standard InChI is InChI=1S/C18H20BrNO3/c1-21-15-6-4-13(5-7-15)12-20-9-8-14-10-18(23-3)16(19)11-17(14)22-2/h4-7,10-12H,8-9H2,1-3H3. The molecular formula is C18H20BrNO3. The van der Waals surface area contributed by atoms with Gasteiger partial charge in [0.25, 0.3) is 0 Å². The number of hydrogen-bond donors (Lipinski definition) is 0. The van der Waals surface area contributed by atoms with Gasteiger partial charge in [-0.2, -0.15) is 0 Å². The van der Waals surface area contributed by atoms with Crippen molar-refractivity contribution in [3.05, 3.63) is 52.0 Å². The first-order chi connectivity index (χ1) is 11.2. The van der Waals surface area contributed by atoms with E-state index >= 15 is 0 Å². The molecule has 0 saturated heterocycles. The lowest BCUT2D eigenvalue weighted by atomic mass is 10.1. The van der Waals surface area contributed by atoms with E-state index in [9.17, 15) is 0 Å². The van der Waals surface area contributed by atoms with Crippen LogP contribution in [0.25, 0.3) is 0 Å². The van der Waals surface area contributed by atoms with E-state index in [-0.39, 0.29) is 0 Å². The van der Waals surface area contributed by atoms with E-state index in [2.05, 4.69) is 20.9 Å². The van der Waals surface area contributed by atoms with E-state index in [1.807, 2.05) is 42.6 Å². The Morgan fingerprint density at radius 2 is 1.65 bits per heavy atom. The third kappa shape index (κ3) is 4.73. The van der Waals surface area contributed by atoms with Crippen LogP contribution in [0.4, 0.5) is 0 Å². The first-order valence-corrected chi connectivity index (χ1v) is 8.01. The first kappa shape index (κ1) is 17.3. The quantitative estimate of drug-likeness (QED) is 0.680. The minimum absolute atomic E-state index is 0.674. The molecule has 0 aliphatic rings. The fourth-order valence-corrected chi connectivity index (χ4v) is 2.65. The molecule has 2 aromatic rings. The van der Waals surface area contributed by atoms with Crippen LogP contribution < -0.4 is 14.2 Å². The molecule has 0 radical (unpaired) electrons. The zero-order chi connectivity index (χ0) is 16.7. The van der Waals surface area contributed by atoms with E-state index in [4.69, 9.17) is 14.2 Å². The maximum absolute atomic E-state index is 5.42. The highest BCUT2D eigenvalue weighted by atomic mass is 79.9. The lowest BCUT2D eigenvalue weighted by Gasteiger charge is -2.11. The van der Waals surface area contributed by atoms with Gasteiger partial charge < -0.3 is 14.2 Å². The van der Waals surface area contributed by atoms with Gasteiger partial charge in [-0.25, -0.2) is 0 Å². The highest BCUT2D eigenvalue weighted by Gasteiger charge is 2.09. The molecule has 0 amide bonds. The van der Waals surface area contributed by atoms with Crippen molar-refractivity contribution in [2.45, 2.75) is 6.42 Å². The molecule has 0 aromatic heterocycles. The van der Waals surface area contributed by atoms with Crippen molar-refractivity contribution in [1.29, 1.82) is 0 Å². The molecule has 0 N–H and O–H groups in total. The second-order valence-corrected chi connectivity index (χ2v) is 5.71. The predicted molar refractivity (Wildman–Crippen MR) is 96.4 cm³/mol. The summed E-state index contributed by atoms with van der Waals surface area (Å²) in [6.45, 7) is 0.674. The van der Waals surface area contributed by atoms with Crippen LogP contribution in [-0.4, -0.2) is 34.1 Å². The molecule has 23 heavy (non-hydrogen) atoms. The first-order valence-electron chi connectivity index (χ1n) is 7.22. The van der Waals surface area contributed by atoms with Crippen molar-refractivity contribution in [2.75, 3.05) is 27.9 Å². The van der Waals surface area contributed by atoms with E-state index in [1.165, 1.54) is 0 Å². The van der Waals surface area contributed by atoms with Gasteiger partial charge in [0, 0.05) is 12.8 Å². The molecule has 0 fully saturated rings. The number of nitrogens with zero attached hydrogens (tertiary/aromatic N) is 1. The predicted octanol–water partition coefficient (Wildman–Crippen LogP) is 4.14. The average molecular weight is 378 g/mol. The van der Waals surface area contributed by atoms with E-state index in [0.29, 0.717) is 6.54 Å². The van der Waals surface area contributed by atoms with Crippen molar-refractivity contribution in [2.24, 2.45) is 4.99 Å². The number of ether oxygens (including phenoxy) is 3. The highest BCUT2D eigenvalue weighted by molar-refractivity contribution is 9.10. The number of benzene rings is 2. The summed E-state index contributed by atoms with van der Waals surface area (Å²) in [4.78, 5) is 4.47. The van der Waals surface area contributed by atoms with Crippen molar-refractivity contribution in [3.63, 3.8) is 0 Å². The van der Waals surface area contributed by atoms with Gasteiger partial charge >= 0.3 is 0 Å². The molecule has 122 valence electrons. The largest absolute Gasteiger partial charge is 0.497 e. The molecule has 0 bridgehead atoms. The third-order valence-corrected chi connectivity index (χ3v) is 4.04. The van der Waals surface area contributed by atoms with Gasteiger partial charge in [-0.3, -0.25) is 4.99 Å². The zero-order valence-electron chi connectivity index (χ0n) is 13.5. The average Bonchev–Trinajstić information content (AvgIpc) is 2.59. The Balaban J connectivity index is 2.01. The van der Waals surface area contributed by atoms with Gasteiger partial charge in [-0.1, -0.05) is 0 Å². The summed E-state index contributed by atoms with van der Waals surface area (Å²) in [6, 6.07) is 11.7. The highest BCUT2D eigenvalue weighted by Crippen LogP contribution is 2.32. The topological polar surface area (TPSA) is 40.0 Å². The maximum atomic E-state index is 5.42. The maximum Gasteiger partial charge on any atom is 0.133 e. The second-order valence-electron chi connectivity index (χ2n) is 4.86. The van der Waals surface area contributed by atoms with Gasteiger partial charge in [0.15, 0.2) is 0 Å². The lowest BCUT2D eigenvalue weighted by molar-refractivity contribution is 0.397. The summed E-state index contributed by atoms with van der Waals surface area (Å²) >= 11 is 3.46. The monoisotopic (exact) mass is 377 g/mol. The minimum atomic E-state index is 0.674. The Kier molecular flexibility index (Phi) is 6.47. The Morgan fingerprint density at radius 3 is 2.26 bits per heavy atom. The summed E-state index contributed by atoms with van der Waals surface area (Å²) in [7, 11) is 4.97.